The van der Waals surface area contributed by atoms with Crippen LogP contribution in [0.2, 0.25) is 5.02 Å². The summed E-state index contributed by atoms with van der Waals surface area (Å²) in [6.07, 6.45) is 3.61. The number of thiophene rings is 1. The average molecular weight is 413 g/mol. The number of amides is 1. The van der Waals surface area contributed by atoms with Crippen LogP contribution in [-0.2, 0) is 0 Å². The Morgan fingerprint density at radius 2 is 2.00 bits per heavy atom. The van der Waals surface area contributed by atoms with E-state index in [-0.39, 0.29) is 5.91 Å². The van der Waals surface area contributed by atoms with E-state index in [9.17, 15) is 10.0 Å². The number of ether oxygens (including phenoxy) is 1. The average Bonchev–Trinajstić information content (AvgIpc) is 3.23. The van der Waals surface area contributed by atoms with Crippen molar-refractivity contribution in [2.45, 2.75) is 0 Å². The molecule has 2 N–H and O–H groups in total. The second-order valence-corrected chi connectivity index (χ2v) is 7.13. The van der Waals surface area contributed by atoms with Crippen molar-refractivity contribution in [1.29, 1.82) is 0 Å². The van der Waals surface area contributed by atoms with Crippen LogP contribution in [0.1, 0.15) is 20.8 Å². The molecule has 1 heterocycles. The van der Waals surface area contributed by atoms with Gasteiger partial charge in [-0.2, -0.15) is 0 Å². The molecular weight excluding hydrogens is 396 g/mol. The van der Waals surface area contributed by atoms with E-state index in [0.717, 1.165) is 4.88 Å². The molecule has 0 atom stereocenters. The van der Waals surface area contributed by atoms with Crippen LogP contribution in [0.3, 0.4) is 0 Å². The minimum atomic E-state index is -0.333. The Labute approximate surface area is 171 Å². The van der Waals surface area contributed by atoms with Crippen LogP contribution in [0.15, 0.2) is 71.2 Å². The number of hydrogen-bond donors (Lipinski definition) is 2. The minimum Gasteiger partial charge on any atom is -0.496 e. The SMILES string of the molecule is COc1ccc(Cl)cc1C(=O)Nc1ccc(C(/C=C/c2cccs2)=N/O)cc1. The Morgan fingerprint density at radius 3 is 2.64 bits per heavy atom. The number of carbonyl (C=O) groups excluding carboxylic acids is 1. The highest BCUT2D eigenvalue weighted by molar-refractivity contribution is 7.10. The highest BCUT2D eigenvalue weighted by Crippen LogP contribution is 2.24. The summed E-state index contributed by atoms with van der Waals surface area (Å²) in [4.78, 5) is 13.6. The molecule has 0 saturated heterocycles. The third-order valence-corrected chi connectivity index (χ3v) is 4.97. The standard InChI is InChI=1S/C21H17ClN2O3S/c1-27-20-11-6-15(22)13-18(20)21(25)23-16-7-4-14(5-8-16)19(24-26)10-9-17-3-2-12-28-17/h2-13,26H,1H3,(H,23,25)/b10-9+,24-19+. The molecule has 3 aromatic rings. The zero-order chi connectivity index (χ0) is 19.9. The van der Waals surface area contributed by atoms with Crippen LogP contribution in [0.25, 0.3) is 6.08 Å². The summed E-state index contributed by atoms with van der Waals surface area (Å²) < 4.78 is 5.21. The first-order chi connectivity index (χ1) is 13.6. The van der Waals surface area contributed by atoms with Gasteiger partial charge in [0, 0.05) is 21.2 Å². The number of allylic oxidation sites excluding steroid dienone is 1. The van der Waals surface area contributed by atoms with E-state index in [4.69, 9.17) is 16.3 Å². The molecule has 0 aliphatic heterocycles. The summed E-state index contributed by atoms with van der Waals surface area (Å²) in [6, 6.07) is 15.8. The number of methoxy groups -OCH3 is 1. The molecular formula is C21H17ClN2O3S. The fraction of sp³-hybridized carbons (Fsp3) is 0.0476. The monoisotopic (exact) mass is 412 g/mol. The molecule has 0 saturated carbocycles. The zero-order valence-electron chi connectivity index (χ0n) is 14.9. The van der Waals surface area contributed by atoms with Crippen molar-refractivity contribution < 1.29 is 14.7 Å². The van der Waals surface area contributed by atoms with Crippen LogP contribution >= 0.6 is 22.9 Å². The Hall–Kier alpha value is -3.09. The maximum Gasteiger partial charge on any atom is 0.259 e. The first kappa shape index (κ1) is 19.7. The van der Waals surface area contributed by atoms with Crippen molar-refractivity contribution in [2.24, 2.45) is 5.16 Å². The van der Waals surface area contributed by atoms with Crippen molar-refractivity contribution in [3.8, 4) is 5.75 Å². The van der Waals surface area contributed by atoms with Crippen LogP contribution < -0.4 is 10.1 Å². The molecule has 0 radical (unpaired) electrons. The van der Waals surface area contributed by atoms with Gasteiger partial charge in [0.25, 0.3) is 5.91 Å². The van der Waals surface area contributed by atoms with E-state index in [1.54, 1.807) is 59.9 Å². The smallest absolute Gasteiger partial charge is 0.259 e. The summed E-state index contributed by atoms with van der Waals surface area (Å²) in [5, 5.41) is 17.9. The quantitative estimate of drug-likeness (QED) is 0.316. The predicted molar refractivity (Wildman–Crippen MR) is 114 cm³/mol. The highest BCUT2D eigenvalue weighted by atomic mass is 35.5. The van der Waals surface area contributed by atoms with Gasteiger partial charge < -0.3 is 15.3 Å². The number of anilines is 1. The lowest BCUT2D eigenvalue weighted by atomic mass is 10.1. The number of oxime groups is 1. The normalized spacial score (nSPS) is 11.6. The lowest BCUT2D eigenvalue weighted by molar-refractivity contribution is 0.102. The van der Waals surface area contributed by atoms with E-state index < -0.39 is 0 Å². The summed E-state index contributed by atoms with van der Waals surface area (Å²) >= 11 is 7.57. The van der Waals surface area contributed by atoms with Crippen molar-refractivity contribution in [1.82, 2.24) is 0 Å². The molecule has 1 amide bonds. The van der Waals surface area contributed by atoms with Gasteiger partial charge in [-0.05, 0) is 53.9 Å². The minimum absolute atomic E-state index is 0.333. The highest BCUT2D eigenvalue weighted by Gasteiger charge is 2.13. The first-order valence-electron chi connectivity index (χ1n) is 8.29. The molecule has 7 heteroatoms. The van der Waals surface area contributed by atoms with Crippen molar-refractivity contribution >= 4 is 46.3 Å². The number of hydrogen-bond acceptors (Lipinski definition) is 5. The molecule has 28 heavy (non-hydrogen) atoms. The lowest BCUT2D eigenvalue weighted by Crippen LogP contribution is -2.13. The Bertz CT molecular complexity index is 1010. The van der Waals surface area contributed by atoms with E-state index in [2.05, 4.69) is 10.5 Å². The number of nitrogens with zero attached hydrogens (tertiary/aromatic N) is 1. The predicted octanol–water partition coefficient (Wildman–Crippen LogP) is 5.55. The van der Waals surface area contributed by atoms with E-state index in [1.165, 1.54) is 7.11 Å². The van der Waals surface area contributed by atoms with Gasteiger partial charge in [-0.1, -0.05) is 35.0 Å². The Balaban J connectivity index is 1.74. The molecule has 3 rings (SSSR count). The number of nitrogens with one attached hydrogen (secondary N) is 1. The molecule has 142 valence electrons. The summed E-state index contributed by atoms with van der Waals surface area (Å²) in [6.45, 7) is 0. The molecule has 0 spiro atoms. The second-order valence-electron chi connectivity index (χ2n) is 5.71. The van der Waals surface area contributed by atoms with Crippen molar-refractivity contribution in [3.63, 3.8) is 0 Å². The number of benzene rings is 2. The second kappa shape index (κ2) is 9.21. The maximum absolute atomic E-state index is 12.5. The van der Waals surface area contributed by atoms with Crippen LogP contribution in [0.4, 0.5) is 5.69 Å². The third kappa shape index (κ3) is 4.79. The molecule has 0 unspecified atom stereocenters. The Morgan fingerprint density at radius 1 is 1.21 bits per heavy atom. The third-order valence-electron chi connectivity index (χ3n) is 3.90. The first-order valence-corrected chi connectivity index (χ1v) is 9.55. The Kier molecular flexibility index (Phi) is 6.47. The number of rotatable bonds is 6. The summed E-state index contributed by atoms with van der Waals surface area (Å²) in [7, 11) is 1.49. The van der Waals surface area contributed by atoms with E-state index >= 15 is 0 Å². The molecule has 0 aliphatic carbocycles. The molecule has 0 fully saturated rings. The molecule has 1 aromatic heterocycles. The van der Waals surface area contributed by atoms with Crippen LogP contribution in [-0.4, -0.2) is 23.9 Å². The van der Waals surface area contributed by atoms with E-state index in [0.29, 0.717) is 33.3 Å². The van der Waals surface area contributed by atoms with Gasteiger partial charge in [-0.25, -0.2) is 0 Å². The van der Waals surface area contributed by atoms with Crippen LogP contribution in [0, 0.1) is 0 Å². The van der Waals surface area contributed by atoms with Gasteiger partial charge in [0.2, 0.25) is 0 Å². The van der Waals surface area contributed by atoms with Gasteiger partial charge in [0.05, 0.1) is 12.7 Å². The molecule has 0 bridgehead atoms. The number of carbonyl (C=O) groups is 1. The zero-order valence-corrected chi connectivity index (χ0v) is 16.5. The fourth-order valence-electron chi connectivity index (χ4n) is 2.51. The van der Waals surface area contributed by atoms with Crippen LogP contribution in [0.5, 0.6) is 5.75 Å². The number of halogens is 1. The largest absolute Gasteiger partial charge is 0.496 e. The van der Waals surface area contributed by atoms with E-state index in [1.807, 2.05) is 23.6 Å². The topological polar surface area (TPSA) is 70.9 Å². The fourth-order valence-corrected chi connectivity index (χ4v) is 3.30. The van der Waals surface area contributed by atoms with Gasteiger partial charge in [0.1, 0.15) is 11.5 Å². The molecule has 0 aliphatic rings. The molecule has 2 aromatic carbocycles. The van der Waals surface area contributed by atoms with Gasteiger partial charge in [0.15, 0.2) is 0 Å². The lowest BCUT2D eigenvalue weighted by Gasteiger charge is -2.10. The summed E-state index contributed by atoms with van der Waals surface area (Å²) in [5.74, 6) is 0.104. The maximum atomic E-state index is 12.5. The van der Waals surface area contributed by atoms with Crippen molar-refractivity contribution in [2.75, 3.05) is 12.4 Å². The summed E-state index contributed by atoms with van der Waals surface area (Å²) in [5.41, 5.74) is 2.07. The van der Waals surface area contributed by atoms with Crippen molar-refractivity contribution in [3.05, 3.63) is 87.1 Å². The van der Waals surface area contributed by atoms with Gasteiger partial charge >= 0.3 is 0 Å². The van der Waals surface area contributed by atoms with Gasteiger partial charge in [-0.3, -0.25) is 4.79 Å². The molecule has 5 nitrogen and oxygen atoms in total. The van der Waals surface area contributed by atoms with Gasteiger partial charge in [-0.15, -0.1) is 11.3 Å².